The van der Waals surface area contributed by atoms with E-state index < -0.39 is 27.0 Å². The molecule has 0 saturated heterocycles. The Morgan fingerprint density at radius 3 is 2.48 bits per heavy atom. The molecule has 9 nitrogen and oxygen atoms in total. The fraction of sp³-hybridized carbons (Fsp3) is 0.278. The summed E-state index contributed by atoms with van der Waals surface area (Å²) >= 11 is 5.98. The molecule has 2 aromatic rings. The van der Waals surface area contributed by atoms with Crippen molar-refractivity contribution in [3.8, 4) is 5.75 Å². The Balaban J connectivity index is 2.22. The summed E-state index contributed by atoms with van der Waals surface area (Å²) in [7, 11) is -1.09. The van der Waals surface area contributed by atoms with Crippen LogP contribution in [0, 0.1) is 17.0 Å². The van der Waals surface area contributed by atoms with Crippen LogP contribution < -0.4 is 10.1 Å². The van der Waals surface area contributed by atoms with Gasteiger partial charge >= 0.3 is 5.69 Å². The summed E-state index contributed by atoms with van der Waals surface area (Å²) in [5.41, 5.74) is 0.612. The van der Waals surface area contributed by atoms with Gasteiger partial charge in [-0.3, -0.25) is 14.9 Å². The SMILES string of the molecule is Cc1ccc(OC(C)C(=O)Nc2ccc(Cl)c(S(=O)(=O)N(C)C)c2)c([N+](=O)[O-])c1. The number of rotatable bonds is 7. The molecule has 0 bridgehead atoms. The van der Waals surface area contributed by atoms with E-state index in [1.54, 1.807) is 13.0 Å². The standard InChI is InChI=1S/C18H20ClN3O6S/c1-11-5-8-16(15(9-11)22(24)25)28-12(2)18(23)20-13-6-7-14(19)17(10-13)29(26,27)21(3)4/h5-10,12H,1-4H3,(H,20,23). The van der Waals surface area contributed by atoms with E-state index in [1.807, 2.05) is 0 Å². The fourth-order valence-electron chi connectivity index (χ4n) is 2.33. The molecular formula is C18H20ClN3O6S. The average Bonchev–Trinajstić information content (AvgIpc) is 2.64. The third-order valence-corrected chi connectivity index (χ3v) is 6.24. The van der Waals surface area contributed by atoms with Crippen molar-refractivity contribution in [2.45, 2.75) is 24.8 Å². The van der Waals surface area contributed by atoms with Crippen LogP contribution in [0.3, 0.4) is 0 Å². The number of nitro benzene ring substituents is 1. The Kier molecular flexibility index (Phi) is 6.83. The third kappa shape index (κ3) is 5.22. The molecule has 0 aromatic heterocycles. The molecule has 0 saturated carbocycles. The van der Waals surface area contributed by atoms with E-state index in [0.29, 0.717) is 5.56 Å². The first-order valence-electron chi connectivity index (χ1n) is 8.38. The molecule has 0 aliphatic rings. The first kappa shape index (κ1) is 22.6. The van der Waals surface area contributed by atoms with E-state index in [9.17, 15) is 23.3 Å². The van der Waals surface area contributed by atoms with Crippen molar-refractivity contribution < 1.29 is 22.9 Å². The molecule has 156 valence electrons. The van der Waals surface area contributed by atoms with Gasteiger partial charge in [-0.05, 0) is 43.7 Å². The molecule has 11 heteroatoms. The van der Waals surface area contributed by atoms with E-state index in [2.05, 4.69) is 5.32 Å². The number of halogens is 1. The minimum absolute atomic E-state index is 0.0104. The number of hydrogen-bond acceptors (Lipinski definition) is 6. The second kappa shape index (κ2) is 8.76. The molecule has 2 aromatic carbocycles. The predicted octanol–water partition coefficient (Wildman–Crippen LogP) is 3.21. The van der Waals surface area contributed by atoms with Crippen LogP contribution in [0.4, 0.5) is 11.4 Å². The monoisotopic (exact) mass is 441 g/mol. The van der Waals surface area contributed by atoms with Crippen LogP contribution in [0.1, 0.15) is 12.5 Å². The number of nitrogens with zero attached hydrogens (tertiary/aromatic N) is 2. The van der Waals surface area contributed by atoms with E-state index in [-0.39, 0.29) is 27.0 Å². The summed E-state index contributed by atoms with van der Waals surface area (Å²) < 4.78 is 31.1. The van der Waals surface area contributed by atoms with Crippen LogP contribution in [-0.2, 0) is 14.8 Å². The second-order valence-electron chi connectivity index (χ2n) is 6.41. The summed E-state index contributed by atoms with van der Waals surface area (Å²) in [5.74, 6) is -0.661. The van der Waals surface area contributed by atoms with Gasteiger partial charge in [0.15, 0.2) is 11.9 Å². The Morgan fingerprint density at radius 1 is 1.24 bits per heavy atom. The zero-order chi connectivity index (χ0) is 21.9. The molecule has 0 fully saturated rings. The van der Waals surface area contributed by atoms with Crippen LogP contribution in [0.25, 0.3) is 0 Å². The Bertz CT molecular complexity index is 1060. The molecule has 0 spiro atoms. The van der Waals surface area contributed by atoms with Crippen LogP contribution >= 0.6 is 11.6 Å². The van der Waals surface area contributed by atoms with Gasteiger partial charge in [-0.15, -0.1) is 0 Å². The van der Waals surface area contributed by atoms with Crippen molar-refractivity contribution in [3.63, 3.8) is 0 Å². The van der Waals surface area contributed by atoms with E-state index in [1.165, 1.54) is 51.4 Å². The molecule has 0 aliphatic heterocycles. The number of carbonyl (C=O) groups excluding carboxylic acids is 1. The minimum atomic E-state index is -3.81. The Labute approximate surface area is 173 Å². The van der Waals surface area contributed by atoms with Crippen molar-refractivity contribution in [1.82, 2.24) is 4.31 Å². The van der Waals surface area contributed by atoms with Crippen molar-refractivity contribution in [1.29, 1.82) is 0 Å². The molecule has 0 radical (unpaired) electrons. The molecule has 1 atom stereocenters. The van der Waals surface area contributed by atoms with Gasteiger partial charge in [-0.25, -0.2) is 12.7 Å². The number of aryl methyl sites for hydroxylation is 1. The van der Waals surface area contributed by atoms with E-state index >= 15 is 0 Å². The molecule has 1 amide bonds. The van der Waals surface area contributed by atoms with Gasteiger partial charge in [0.05, 0.1) is 9.95 Å². The molecule has 2 rings (SSSR count). The topological polar surface area (TPSA) is 119 Å². The van der Waals surface area contributed by atoms with Gasteiger partial charge < -0.3 is 10.1 Å². The highest BCUT2D eigenvalue weighted by molar-refractivity contribution is 7.89. The van der Waals surface area contributed by atoms with Crippen molar-refractivity contribution in [2.75, 3.05) is 19.4 Å². The lowest BCUT2D eigenvalue weighted by atomic mass is 10.2. The second-order valence-corrected chi connectivity index (χ2v) is 8.94. The van der Waals surface area contributed by atoms with E-state index in [4.69, 9.17) is 16.3 Å². The molecular weight excluding hydrogens is 422 g/mol. The highest BCUT2D eigenvalue weighted by Crippen LogP contribution is 2.29. The summed E-state index contributed by atoms with van der Waals surface area (Å²) in [6.07, 6.45) is -1.08. The number of carbonyl (C=O) groups is 1. The summed E-state index contributed by atoms with van der Waals surface area (Å²) in [6, 6.07) is 8.42. The number of hydrogen-bond donors (Lipinski definition) is 1. The molecule has 0 aliphatic carbocycles. The fourth-order valence-corrected chi connectivity index (χ4v) is 3.73. The lowest BCUT2D eigenvalue weighted by molar-refractivity contribution is -0.386. The summed E-state index contributed by atoms with van der Waals surface area (Å²) in [5, 5.41) is 13.7. The normalized spacial score (nSPS) is 12.5. The highest BCUT2D eigenvalue weighted by Gasteiger charge is 2.24. The quantitative estimate of drug-likeness (QED) is 0.520. The molecule has 1 N–H and O–H groups in total. The van der Waals surface area contributed by atoms with E-state index in [0.717, 1.165) is 4.31 Å². The Hall–Kier alpha value is -2.69. The first-order chi connectivity index (χ1) is 13.4. The largest absolute Gasteiger partial charge is 0.474 e. The smallest absolute Gasteiger partial charge is 0.311 e. The number of amides is 1. The summed E-state index contributed by atoms with van der Waals surface area (Å²) in [6.45, 7) is 3.12. The van der Waals surface area contributed by atoms with Gasteiger partial charge in [-0.1, -0.05) is 17.7 Å². The Morgan fingerprint density at radius 2 is 1.90 bits per heavy atom. The maximum Gasteiger partial charge on any atom is 0.311 e. The van der Waals surface area contributed by atoms with Gasteiger partial charge in [0, 0.05) is 25.8 Å². The number of nitrogens with one attached hydrogen (secondary N) is 1. The van der Waals surface area contributed by atoms with Crippen molar-refractivity contribution in [2.24, 2.45) is 0 Å². The average molecular weight is 442 g/mol. The minimum Gasteiger partial charge on any atom is -0.474 e. The number of ether oxygens (including phenoxy) is 1. The maximum absolute atomic E-state index is 12.4. The van der Waals surface area contributed by atoms with Gasteiger partial charge in [-0.2, -0.15) is 0 Å². The zero-order valence-electron chi connectivity index (χ0n) is 16.2. The predicted molar refractivity (Wildman–Crippen MR) is 109 cm³/mol. The number of benzene rings is 2. The molecule has 29 heavy (non-hydrogen) atoms. The van der Waals surface area contributed by atoms with Gasteiger partial charge in [0.1, 0.15) is 4.90 Å². The van der Waals surface area contributed by atoms with Crippen LogP contribution in [-0.4, -0.2) is 43.8 Å². The number of nitro groups is 1. The molecule has 1 unspecified atom stereocenters. The van der Waals surface area contributed by atoms with Crippen LogP contribution in [0.5, 0.6) is 5.75 Å². The van der Waals surface area contributed by atoms with Crippen molar-refractivity contribution >= 4 is 38.9 Å². The first-order valence-corrected chi connectivity index (χ1v) is 10.2. The molecule has 0 heterocycles. The van der Waals surface area contributed by atoms with Gasteiger partial charge in [0.25, 0.3) is 5.91 Å². The third-order valence-electron chi connectivity index (χ3n) is 3.94. The van der Waals surface area contributed by atoms with Gasteiger partial charge in [0.2, 0.25) is 10.0 Å². The summed E-state index contributed by atoms with van der Waals surface area (Å²) in [4.78, 5) is 22.9. The van der Waals surface area contributed by atoms with Crippen LogP contribution in [0.15, 0.2) is 41.3 Å². The lowest BCUT2D eigenvalue weighted by Gasteiger charge is -2.17. The highest BCUT2D eigenvalue weighted by atomic mass is 35.5. The van der Waals surface area contributed by atoms with Crippen LogP contribution in [0.2, 0.25) is 5.02 Å². The lowest BCUT2D eigenvalue weighted by Crippen LogP contribution is -2.30. The zero-order valence-corrected chi connectivity index (χ0v) is 17.7. The number of sulfonamides is 1. The number of anilines is 1. The maximum atomic E-state index is 12.4. The van der Waals surface area contributed by atoms with Crippen molar-refractivity contribution in [3.05, 3.63) is 57.1 Å².